The summed E-state index contributed by atoms with van der Waals surface area (Å²) >= 11 is 0. The van der Waals surface area contributed by atoms with Crippen molar-refractivity contribution >= 4 is 17.7 Å². The first kappa shape index (κ1) is 21.2. The number of nitrogens with one attached hydrogen (secondary N) is 1. The van der Waals surface area contributed by atoms with Crippen LogP contribution in [-0.2, 0) is 16.0 Å². The summed E-state index contributed by atoms with van der Waals surface area (Å²) in [6, 6.07) is 6.77. The first-order valence-electron chi connectivity index (χ1n) is 8.88. The van der Waals surface area contributed by atoms with Crippen LogP contribution in [0.5, 0.6) is 5.75 Å². The third-order valence-corrected chi connectivity index (χ3v) is 3.83. The van der Waals surface area contributed by atoms with E-state index >= 15 is 0 Å². The number of ether oxygens (including phenoxy) is 3. The van der Waals surface area contributed by atoms with Crippen molar-refractivity contribution in [3.8, 4) is 5.75 Å². The number of nitrogens with zero attached hydrogens (tertiary/aromatic N) is 2. The number of carbonyl (C=O) groups is 2. The number of hydrogen-bond acceptors (Lipinski definition) is 7. The summed E-state index contributed by atoms with van der Waals surface area (Å²) in [6.07, 6.45) is 1.84. The molecule has 1 N–H and O–H groups in total. The summed E-state index contributed by atoms with van der Waals surface area (Å²) in [5, 5.41) is 2.82. The molecule has 0 atom stereocenters. The number of carbonyl (C=O) groups excluding carboxylic acids is 2. The lowest BCUT2D eigenvalue weighted by Gasteiger charge is -2.22. The van der Waals surface area contributed by atoms with Gasteiger partial charge in [-0.1, -0.05) is 12.1 Å². The SMILES string of the molecule is CCOCCCN(Cc1nc(C(=O)OC)co1)C(=O)Nc1ccccc1OC. The van der Waals surface area contributed by atoms with Crippen LogP contribution < -0.4 is 10.1 Å². The summed E-state index contributed by atoms with van der Waals surface area (Å²) in [7, 11) is 2.80. The Morgan fingerprint density at radius 1 is 1.25 bits per heavy atom. The van der Waals surface area contributed by atoms with Gasteiger partial charge in [-0.3, -0.25) is 0 Å². The Morgan fingerprint density at radius 2 is 2.04 bits per heavy atom. The molecule has 2 aromatic rings. The molecule has 0 radical (unpaired) electrons. The number of oxazole rings is 1. The van der Waals surface area contributed by atoms with Crippen LogP contribution in [0.3, 0.4) is 0 Å². The third kappa shape index (κ3) is 5.98. The molecule has 0 bridgehead atoms. The summed E-state index contributed by atoms with van der Waals surface area (Å²) < 4.78 is 20.5. The largest absolute Gasteiger partial charge is 0.495 e. The van der Waals surface area contributed by atoms with Crippen molar-refractivity contribution in [3.05, 3.63) is 42.1 Å². The maximum Gasteiger partial charge on any atom is 0.360 e. The van der Waals surface area contributed by atoms with E-state index in [0.29, 0.717) is 37.6 Å². The van der Waals surface area contributed by atoms with Gasteiger partial charge in [0.25, 0.3) is 0 Å². The van der Waals surface area contributed by atoms with E-state index < -0.39 is 5.97 Å². The van der Waals surface area contributed by atoms with Gasteiger partial charge in [0.2, 0.25) is 5.89 Å². The summed E-state index contributed by atoms with van der Waals surface area (Å²) in [5.74, 6) is 0.178. The highest BCUT2D eigenvalue weighted by Crippen LogP contribution is 2.23. The molecular weight excluding hydrogens is 366 g/mol. The van der Waals surface area contributed by atoms with Gasteiger partial charge in [-0.25, -0.2) is 14.6 Å². The molecule has 9 nitrogen and oxygen atoms in total. The molecule has 0 spiro atoms. The third-order valence-electron chi connectivity index (χ3n) is 3.83. The first-order chi connectivity index (χ1) is 13.6. The molecule has 1 aromatic heterocycles. The zero-order valence-corrected chi connectivity index (χ0v) is 16.3. The average Bonchev–Trinajstić information content (AvgIpc) is 3.18. The van der Waals surface area contributed by atoms with E-state index in [0.717, 1.165) is 0 Å². The van der Waals surface area contributed by atoms with Crippen molar-refractivity contribution in [3.63, 3.8) is 0 Å². The Kier molecular flexibility index (Phi) is 8.29. The van der Waals surface area contributed by atoms with E-state index in [2.05, 4.69) is 15.0 Å². The van der Waals surface area contributed by atoms with Crippen molar-refractivity contribution < 1.29 is 28.2 Å². The molecule has 152 valence electrons. The predicted molar refractivity (Wildman–Crippen MR) is 101 cm³/mol. The van der Waals surface area contributed by atoms with Crippen LogP contribution in [0.4, 0.5) is 10.5 Å². The minimum atomic E-state index is -0.601. The van der Waals surface area contributed by atoms with Gasteiger partial charge in [-0.15, -0.1) is 0 Å². The summed E-state index contributed by atoms with van der Waals surface area (Å²) in [6.45, 7) is 3.54. The van der Waals surface area contributed by atoms with Crippen LogP contribution in [0, 0.1) is 0 Å². The molecule has 0 saturated heterocycles. The standard InChI is InChI=1S/C19H25N3O6/c1-4-27-11-7-10-22(12-17-20-15(13-28-17)18(23)26-3)19(24)21-14-8-5-6-9-16(14)25-2/h5-6,8-9,13H,4,7,10-12H2,1-3H3,(H,21,24). The van der Waals surface area contributed by atoms with Crippen molar-refractivity contribution in [2.45, 2.75) is 19.9 Å². The lowest BCUT2D eigenvalue weighted by Crippen LogP contribution is -2.36. The van der Waals surface area contributed by atoms with Crippen LogP contribution in [0.1, 0.15) is 29.7 Å². The Morgan fingerprint density at radius 3 is 2.75 bits per heavy atom. The van der Waals surface area contributed by atoms with Gasteiger partial charge >= 0.3 is 12.0 Å². The number of urea groups is 1. The monoisotopic (exact) mass is 391 g/mol. The van der Waals surface area contributed by atoms with Gasteiger partial charge in [0.1, 0.15) is 12.0 Å². The second-order valence-electron chi connectivity index (χ2n) is 5.72. The maximum absolute atomic E-state index is 12.8. The molecule has 9 heteroatoms. The van der Waals surface area contributed by atoms with E-state index in [1.165, 1.54) is 25.4 Å². The van der Waals surface area contributed by atoms with Gasteiger partial charge < -0.3 is 28.8 Å². The smallest absolute Gasteiger partial charge is 0.360 e. The van der Waals surface area contributed by atoms with Crippen LogP contribution in [0.25, 0.3) is 0 Å². The molecule has 0 fully saturated rings. The van der Waals surface area contributed by atoms with Gasteiger partial charge in [0.15, 0.2) is 5.69 Å². The number of methoxy groups -OCH3 is 2. The van der Waals surface area contributed by atoms with E-state index in [9.17, 15) is 9.59 Å². The fraction of sp³-hybridized carbons (Fsp3) is 0.421. The fourth-order valence-corrected chi connectivity index (χ4v) is 2.44. The Labute approximate surface area is 163 Å². The van der Waals surface area contributed by atoms with Crippen LogP contribution >= 0.6 is 0 Å². The van der Waals surface area contributed by atoms with Crippen molar-refractivity contribution in [1.82, 2.24) is 9.88 Å². The summed E-state index contributed by atoms with van der Waals surface area (Å²) in [5.41, 5.74) is 0.601. The van der Waals surface area contributed by atoms with Crippen molar-refractivity contribution in [2.75, 3.05) is 39.3 Å². The first-order valence-corrected chi connectivity index (χ1v) is 8.88. The van der Waals surface area contributed by atoms with Gasteiger partial charge in [-0.2, -0.15) is 0 Å². The van der Waals surface area contributed by atoms with Gasteiger partial charge in [0, 0.05) is 19.8 Å². The molecular formula is C19H25N3O6. The number of anilines is 1. The van der Waals surface area contributed by atoms with Gasteiger partial charge in [0.05, 0.1) is 26.5 Å². The molecule has 0 aliphatic rings. The molecule has 0 unspecified atom stereocenters. The number of rotatable bonds is 10. The highest BCUT2D eigenvalue weighted by molar-refractivity contribution is 5.91. The molecule has 0 aliphatic carbocycles. The Balaban J connectivity index is 2.10. The number of para-hydroxylation sites is 2. The fourth-order valence-electron chi connectivity index (χ4n) is 2.44. The lowest BCUT2D eigenvalue weighted by molar-refractivity contribution is 0.0594. The van der Waals surface area contributed by atoms with E-state index in [-0.39, 0.29) is 24.2 Å². The molecule has 2 amide bonds. The minimum absolute atomic E-state index is 0.0527. The molecule has 2 rings (SSSR count). The quantitative estimate of drug-likeness (QED) is 0.490. The normalized spacial score (nSPS) is 10.4. The molecule has 28 heavy (non-hydrogen) atoms. The second kappa shape index (κ2) is 10.9. The highest BCUT2D eigenvalue weighted by atomic mass is 16.5. The zero-order valence-electron chi connectivity index (χ0n) is 16.3. The number of hydrogen-bond donors (Lipinski definition) is 1. The lowest BCUT2D eigenvalue weighted by atomic mass is 10.3. The second-order valence-corrected chi connectivity index (χ2v) is 5.72. The van der Waals surface area contributed by atoms with E-state index in [1.807, 2.05) is 13.0 Å². The molecule has 1 aromatic carbocycles. The zero-order chi connectivity index (χ0) is 20.4. The summed E-state index contributed by atoms with van der Waals surface area (Å²) in [4.78, 5) is 29.9. The minimum Gasteiger partial charge on any atom is -0.495 e. The molecule has 1 heterocycles. The van der Waals surface area contributed by atoms with E-state index in [1.54, 1.807) is 18.2 Å². The Hall–Kier alpha value is -3.07. The molecule has 0 aliphatic heterocycles. The topological polar surface area (TPSA) is 103 Å². The number of benzene rings is 1. The van der Waals surface area contributed by atoms with Crippen LogP contribution in [-0.4, -0.2) is 55.9 Å². The average molecular weight is 391 g/mol. The molecule has 0 saturated carbocycles. The predicted octanol–water partition coefficient (Wildman–Crippen LogP) is 2.93. The van der Waals surface area contributed by atoms with Crippen LogP contribution in [0.15, 0.2) is 34.9 Å². The van der Waals surface area contributed by atoms with Crippen molar-refractivity contribution in [2.24, 2.45) is 0 Å². The Bertz CT molecular complexity index is 777. The van der Waals surface area contributed by atoms with Gasteiger partial charge in [-0.05, 0) is 25.5 Å². The maximum atomic E-state index is 12.8. The number of aromatic nitrogens is 1. The van der Waals surface area contributed by atoms with Crippen LogP contribution in [0.2, 0.25) is 0 Å². The number of amides is 2. The number of esters is 1. The van der Waals surface area contributed by atoms with Crippen molar-refractivity contribution in [1.29, 1.82) is 0 Å². The highest BCUT2D eigenvalue weighted by Gasteiger charge is 2.20. The van der Waals surface area contributed by atoms with E-state index in [4.69, 9.17) is 13.9 Å².